The van der Waals surface area contributed by atoms with Crippen LogP contribution in [-0.2, 0) is 17.9 Å². The summed E-state index contributed by atoms with van der Waals surface area (Å²) in [6.45, 7) is 5.94. The summed E-state index contributed by atoms with van der Waals surface area (Å²) in [5, 5.41) is 0. The van der Waals surface area contributed by atoms with Crippen molar-refractivity contribution in [2.75, 3.05) is 44.7 Å². The highest BCUT2D eigenvalue weighted by Crippen LogP contribution is 2.35. The largest absolute Gasteiger partial charge is 0.497 e. The number of methoxy groups -OCH3 is 1. The number of benzene rings is 2. The Balaban J connectivity index is 1.10. The molecule has 3 aromatic rings. The molecule has 0 unspecified atom stereocenters. The first-order valence-corrected chi connectivity index (χ1v) is 10.8. The Morgan fingerprint density at radius 2 is 1.74 bits per heavy atom. The van der Waals surface area contributed by atoms with Crippen LogP contribution in [0.1, 0.15) is 11.1 Å². The van der Waals surface area contributed by atoms with Crippen molar-refractivity contribution in [1.82, 2.24) is 14.4 Å². The molecule has 0 spiro atoms. The van der Waals surface area contributed by atoms with Crippen molar-refractivity contribution in [3.05, 3.63) is 78.1 Å². The monoisotopic (exact) mass is 416 g/mol. The fourth-order valence-electron chi connectivity index (χ4n) is 4.40. The number of para-hydroxylation sites is 1. The van der Waals surface area contributed by atoms with E-state index in [2.05, 4.69) is 57.1 Å². The second-order valence-electron chi connectivity index (χ2n) is 8.29. The van der Waals surface area contributed by atoms with Crippen molar-refractivity contribution in [3.63, 3.8) is 0 Å². The third kappa shape index (κ3) is 4.22. The number of ether oxygens (including phenoxy) is 1. The predicted octanol–water partition coefficient (Wildman–Crippen LogP) is 3.15. The van der Waals surface area contributed by atoms with Gasteiger partial charge in [-0.05, 0) is 47.5 Å². The topological polar surface area (TPSA) is 41.0 Å². The van der Waals surface area contributed by atoms with Gasteiger partial charge in [0, 0.05) is 56.5 Å². The van der Waals surface area contributed by atoms with Crippen LogP contribution in [0.15, 0.2) is 67.0 Å². The number of fused-ring (bicyclic) bond motifs is 1. The summed E-state index contributed by atoms with van der Waals surface area (Å²) < 4.78 is 7.43. The van der Waals surface area contributed by atoms with E-state index in [1.807, 2.05) is 29.2 Å². The van der Waals surface area contributed by atoms with E-state index in [0.29, 0.717) is 13.1 Å². The summed E-state index contributed by atoms with van der Waals surface area (Å²) in [5.41, 5.74) is 4.71. The van der Waals surface area contributed by atoms with E-state index in [-0.39, 0.29) is 5.91 Å². The van der Waals surface area contributed by atoms with Gasteiger partial charge in [-0.1, -0.05) is 18.2 Å². The molecule has 0 bridgehead atoms. The molecule has 3 heterocycles. The molecular weight excluding hydrogens is 388 g/mol. The van der Waals surface area contributed by atoms with Crippen LogP contribution < -0.4 is 9.64 Å². The maximum Gasteiger partial charge on any atom is 0.241 e. The minimum Gasteiger partial charge on any atom is -0.497 e. The molecule has 1 fully saturated rings. The lowest BCUT2D eigenvalue weighted by Crippen LogP contribution is -2.51. The van der Waals surface area contributed by atoms with Crippen LogP contribution >= 0.6 is 0 Å². The first kappa shape index (κ1) is 19.8. The average Bonchev–Trinajstić information content (AvgIpc) is 3.25. The van der Waals surface area contributed by atoms with Gasteiger partial charge in [-0.3, -0.25) is 14.6 Å². The van der Waals surface area contributed by atoms with E-state index < -0.39 is 0 Å². The summed E-state index contributed by atoms with van der Waals surface area (Å²) in [7, 11) is 1.67. The summed E-state index contributed by atoms with van der Waals surface area (Å²) in [6, 6.07) is 18.5. The van der Waals surface area contributed by atoms with Crippen molar-refractivity contribution < 1.29 is 9.53 Å². The van der Waals surface area contributed by atoms with Crippen molar-refractivity contribution in [1.29, 1.82) is 0 Å². The molecule has 0 radical (unpaired) electrons. The van der Waals surface area contributed by atoms with Crippen LogP contribution in [0.4, 0.5) is 5.69 Å². The molecule has 2 aromatic carbocycles. The quantitative estimate of drug-likeness (QED) is 0.619. The molecule has 2 aliphatic heterocycles. The molecule has 31 heavy (non-hydrogen) atoms. The zero-order valence-electron chi connectivity index (χ0n) is 17.9. The summed E-state index contributed by atoms with van der Waals surface area (Å²) in [5.74, 6) is 1.03. The number of carbonyl (C=O) groups is 1. The summed E-state index contributed by atoms with van der Waals surface area (Å²) in [6.07, 6.45) is 4.33. The van der Waals surface area contributed by atoms with Crippen molar-refractivity contribution in [2.24, 2.45) is 0 Å². The van der Waals surface area contributed by atoms with Crippen LogP contribution in [0, 0.1) is 0 Å². The second kappa shape index (κ2) is 8.57. The zero-order valence-corrected chi connectivity index (χ0v) is 17.9. The van der Waals surface area contributed by atoms with Crippen molar-refractivity contribution >= 4 is 11.6 Å². The maximum atomic E-state index is 12.8. The minimum atomic E-state index is 0.186. The maximum absolute atomic E-state index is 12.8. The number of nitrogens with zero attached hydrogens (tertiary/aromatic N) is 4. The number of piperazine rings is 1. The van der Waals surface area contributed by atoms with E-state index in [1.54, 1.807) is 7.11 Å². The van der Waals surface area contributed by atoms with Crippen LogP contribution in [0.3, 0.4) is 0 Å². The van der Waals surface area contributed by atoms with Crippen LogP contribution in [-0.4, -0.2) is 60.1 Å². The van der Waals surface area contributed by atoms with Gasteiger partial charge < -0.3 is 14.2 Å². The molecule has 1 aromatic heterocycles. The van der Waals surface area contributed by atoms with Gasteiger partial charge in [0.2, 0.25) is 5.91 Å². The lowest BCUT2D eigenvalue weighted by atomic mass is 10.0. The molecule has 1 saturated heterocycles. The van der Waals surface area contributed by atoms with Gasteiger partial charge >= 0.3 is 0 Å². The van der Waals surface area contributed by atoms with Gasteiger partial charge in [0.1, 0.15) is 5.75 Å². The Bertz CT molecular complexity index is 1050. The zero-order chi connectivity index (χ0) is 21.2. The number of amides is 1. The van der Waals surface area contributed by atoms with Gasteiger partial charge in [0.15, 0.2) is 0 Å². The van der Waals surface area contributed by atoms with Crippen molar-refractivity contribution in [3.8, 4) is 11.4 Å². The molecule has 0 aliphatic carbocycles. The molecule has 5 rings (SSSR count). The summed E-state index contributed by atoms with van der Waals surface area (Å²) >= 11 is 0. The fourth-order valence-corrected chi connectivity index (χ4v) is 4.40. The fraction of sp³-hybridized carbons (Fsp3) is 0.320. The Morgan fingerprint density at radius 1 is 0.968 bits per heavy atom. The van der Waals surface area contributed by atoms with Crippen molar-refractivity contribution in [2.45, 2.75) is 13.1 Å². The number of aromatic nitrogens is 1. The Morgan fingerprint density at radius 3 is 2.48 bits per heavy atom. The number of anilines is 1. The molecule has 0 saturated carbocycles. The van der Waals surface area contributed by atoms with E-state index in [4.69, 9.17) is 4.74 Å². The van der Waals surface area contributed by atoms with Gasteiger partial charge in [-0.25, -0.2) is 0 Å². The van der Waals surface area contributed by atoms with E-state index >= 15 is 0 Å². The second-order valence-corrected chi connectivity index (χ2v) is 8.29. The summed E-state index contributed by atoms with van der Waals surface area (Å²) in [4.78, 5) is 19.4. The lowest BCUT2D eigenvalue weighted by Gasteiger charge is -2.38. The Kier molecular flexibility index (Phi) is 5.49. The first-order chi connectivity index (χ1) is 15.2. The van der Waals surface area contributed by atoms with E-state index in [9.17, 15) is 4.79 Å². The average molecular weight is 417 g/mol. The standard InChI is InChI=1S/C25H28N4O2/c1-31-23-7-8-24-21(15-23)18-29(24)25(30)19-27-13-11-26(12-14-27)16-20-9-10-28(17-20)22-5-3-2-4-6-22/h2-10,15,17H,11-14,16,18-19H2,1H3. The number of hydrogen-bond donors (Lipinski definition) is 0. The van der Waals surface area contributed by atoms with Crippen LogP contribution in [0.5, 0.6) is 5.75 Å². The number of carbonyl (C=O) groups excluding carboxylic acids is 1. The Hall–Kier alpha value is -3.09. The molecule has 2 aliphatic rings. The van der Waals surface area contributed by atoms with Gasteiger partial charge in [0.25, 0.3) is 0 Å². The normalized spacial score (nSPS) is 16.6. The number of rotatable bonds is 6. The predicted molar refractivity (Wildman–Crippen MR) is 122 cm³/mol. The molecule has 1 amide bonds. The molecule has 0 N–H and O–H groups in total. The smallest absolute Gasteiger partial charge is 0.241 e. The highest BCUT2D eigenvalue weighted by atomic mass is 16.5. The molecule has 6 nitrogen and oxygen atoms in total. The molecular formula is C25H28N4O2. The first-order valence-electron chi connectivity index (χ1n) is 10.8. The lowest BCUT2D eigenvalue weighted by molar-refractivity contribution is -0.120. The van der Waals surface area contributed by atoms with Gasteiger partial charge in [-0.15, -0.1) is 0 Å². The Labute approximate surface area is 183 Å². The molecule has 0 atom stereocenters. The third-order valence-electron chi connectivity index (χ3n) is 6.25. The highest BCUT2D eigenvalue weighted by Gasteiger charge is 2.30. The van der Waals surface area contributed by atoms with Crippen LogP contribution in [0.2, 0.25) is 0 Å². The molecule has 160 valence electrons. The SMILES string of the molecule is COc1ccc2c(c1)CN2C(=O)CN1CCN(Cc2ccn(-c3ccccc3)c2)CC1. The number of hydrogen-bond acceptors (Lipinski definition) is 4. The van der Waals surface area contributed by atoms with Gasteiger partial charge in [-0.2, -0.15) is 0 Å². The van der Waals surface area contributed by atoms with E-state index in [1.165, 1.54) is 16.8 Å². The third-order valence-corrected chi connectivity index (χ3v) is 6.25. The van der Waals surface area contributed by atoms with Gasteiger partial charge in [0.05, 0.1) is 20.2 Å². The van der Waals surface area contributed by atoms with Crippen LogP contribution in [0.25, 0.3) is 5.69 Å². The molecule has 6 heteroatoms. The minimum absolute atomic E-state index is 0.186. The highest BCUT2D eigenvalue weighted by molar-refractivity contribution is 5.98. The van der Waals surface area contributed by atoms with E-state index in [0.717, 1.165) is 44.2 Å².